The lowest BCUT2D eigenvalue weighted by molar-refractivity contribution is -0.131. The van der Waals surface area contributed by atoms with Gasteiger partial charge in [0.05, 0.1) is 25.0 Å². The Labute approximate surface area is 166 Å². The summed E-state index contributed by atoms with van der Waals surface area (Å²) >= 11 is 0. The number of piperidine rings is 1. The Morgan fingerprint density at radius 2 is 1.89 bits per heavy atom. The van der Waals surface area contributed by atoms with Crippen LogP contribution in [-0.2, 0) is 4.79 Å². The lowest BCUT2D eigenvalue weighted by Crippen LogP contribution is -2.43. The zero-order valence-corrected chi connectivity index (χ0v) is 16.5. The van der Waals surface area contributed by atoms with Crippen LogP contribution in [0.1, 0.15) is 37.3 Å². The third kappa shape index (κ3) is 4.02. The second kappa shape index (κ2) is 8.69. The molecule has 0 bridgehead atoms. The van der Waals surface area contributed by atoms with E-state index >= 15 is 0 Å². The number of rotatable bonds is 5. The van der Waals surface area contributed by atoms with E-state index in [-0.39, 0.29) is 11.8 Å². The summed E-state index contributed by atoms with van der Waals surface area (Å²) in [6.45, 7) is 4.16. The number of likely N-dealkylation sites (tertiary alicyclic amines) is 2. The Morgan fingerprint density at radius 1 is 1.11 bits per heavy atom. The molecule has 2 fully saturated rings. The highest BCUT2D eigenvalue weighted by molar-refractivity contribution is 5.78. The topological polar surface area (TPSA) is 58.6 Å². The molecule has 0 aliphatic carbocycles. The van der Waals surface area contributed by atoms with Crippen molar-refractivity contribution in [3.8, 4) is 17.0 Å². The van der Waals surface area contributed by atoms with Gasteiger partial charge >= 0.3 is 0 Å². The molecule has 6 heteroatoms. The second-order valence-corrected chi connectivity index (χ2v) is 7.65. The molecule has 1 amide bonds. The molecule has 2 saturated heterocycles. The minimum Gasteiger partial charge on any atom is -0.496 e. The highest BCUT2D eigenvalue weighted by Gasteiger charge is 2.28. The maximum atomic E-state index is 12.6. The van der Waals surface area contributed by atoms with Gasteiger partial charge in [-0.05, 0) is 44.4 Å². The Hall–Kier alpha value is -2.47. The van der Waals surface area contributed by atoms with Gasteiger partial charge in [0.15, 0.2) is 0 Å². The van der Waals surface area contributed by atoms with E-state index in [2.05, 4.69) is 9.88 Å². The van der Waals surface area contributed by atoms with E-state index in [0.29, 0.717) is 6.54 Å². The lowest BCUT2D eigenvalue weighted by atomic mass is 9.91. The van der Waals surface area contributed by atoms with E-state index in [4.69, 9.17) is 9.72 Å². The number of hydrogen-bond donors (Lipinski definition) is 0. The monoisotopic (exact) mass is 380 g/mol. The van der Waals surface area contributed by atoms with Gasteiger partial charge < -0.3 is 9.64 Å². The summed E-state index contributed by atoms with van der Waals surface area (Å²) in [5.74, 6) is 1.34. The molecule has 1 atom stereocenters. The number of benzene rings is 1. The lowest BCUT2D eigenvalue weighted by Gasteiger charge is -2.33. The van der Waals surface area contributed by atoms with Crippen molar-refractivity contribution in [2.24, 2.45) is 0 Å². The fourth-order valence-electron chi connectivity index (χ4n) is 4.38. The van der Waals surface area contributed by atoms with Gasteiger partial charge in [0.25, 0.3) is 0 Å². The van der Waals surface area contributed by atoms with Crippen LogP contribution in [0.3, 0.4) is 0 Å². The van der Waals surface area contributed by atoms with Crippen LogP contribution < -0.4 is 4.74 Å². The van der Waals surface area contributed by atoms with E-state index in [9.17, 15) is 4.79 Å². The molecule has 0 saturated carbocycles. The molecule has 0 radical (unpaired) electrons. The van der Waals surface area contributed by atoms with E-state index in [1.54, 1.807) is 19.5 Å². The van der Waals surface area contributed by atoms with Crippen LogP contribution in [0, 0.1) is 0 Å². The fourth-order valence-corrected chi connectivity index (χ4v) is 4.38. The van der Waals surface area contributed by atoms with Gasteiger partial charge in [0, 0.05) is 43.5 Å². The number of carbonyl (C=O) groups excluding carboxylic acids is 1. The highest BCUT2D eigenvalue weighted by Crippen LogP contribution is 2.35. The summed E-state index contributed by atoms with van der Waals surface area (Å²) in [6, 6.07) is 7.95. The number of para-hydroxylation sites is 1. The molecule has 148 valence electrons. The maximum absolute atomic E-state index is 12.6. The minimum absolute atomic E-state index is 0.266. The average molecular weight is 380 g/mol. The van der Waals surface area contributed by atoms with E-state index in [1.165, 1.54) is 0 Å². The first-order chi connectivity index (χ1) is 13.8. The standard InChI is InChI=1S/C22H28N4O2/c1-28-19-9-3-2-8-18(19)22-21(23-10-11-24-22)17-7-6-12-25(15-17)16-20(27)26-13-4-5-14-26/h2-3,8-11,17H,4-7,12-16H2,1H3. The smallest absolute Gasteiger partial charge is 0.236 e. The first-order valence-electron chi connectivity index (χ1n) is 10.2. The summed E-state index contributed by atoms with van der Waals surface area (Å²) in [6.07, 6.45) is 7.91. The third-order valence-corrected chi connectivity index (χ3v) is 5.80. The largest absolute Gasteiger partial charge is 0.496 e. The van der Waals surface area contributed by atoms with Crippen LogP contribution in [0.15, 0.2) is 36.7 Å². The summed E-state index contributed by atoms with van der Waals surface area (Å²) in [7, 11) is 1.68. The molecular weight excluding hydrogens is 352 g/mol. The molecule has 2 aromatic rings. The van der Waals surface area contributed by atoms with Crippen LogP contribution >= 0.6 is 0 Å². The normalized spacial score (nSPS) is 20.3. The summed E-state index contributed by atoms with van der Waals surface area (Å²) in [4.78, 5) is 26.2. The van der Waals surface area contributed by atoms with Crippen molar-refractivity contribution < 1.29 is 9.53 Å². The molecule has 0 spiro atoms. The zero-order chi connectivity index (χ0) is 19.3. The second-order valence-electron chi connectivity index (χ2n) is 7.65. The number of amides is 1. The van der Waals surface area contributed by atoms with Gasteiger partial charge in [-0.3, -0.25) is 19.7 Å². The SMILES string of the molecule is COc1ccccc1-c1nccnc1C1CCCN(CC(=O)N2CCCC2)C1. The molecule has 4 rings (SSSR count). The van der Waals surface area contributed by atoms with E-state index < -0.39 is 0 Å². The van der Waals surface area contributed by atoms with Crippen LogP contribution in [0.25, 0.3) is 11.3 Å². The fraction of sp³-hybridized carbons (Fsp3) is 0.500. The third-order valence-electron chi connectivity index (χ3n) is 5.80. The Morgan fingerprint density at radius 3 is 2.71 bits per heavy atom. The predicted octanol–water partition coefficient (Wildman–Crippen LogP) is 2.95. The van der Waals surface area contributed by atoms with Gasteiger partial charge in [-0.2, -0.15) is 0 Å². The molecule has 1 aromatic heterocycles. The van der Waals surface area contributed by atoms with Crippen molar-refractivity contribution in [2.75, 3.05) is 39.8 Å². The van der Waals surface area contributed by atoms with E-state index in [0.717, 1.165) is 74.6 Å². The quantitative estimate of drug-likeness (QED) is 0.798. The molecule has 6 nitrogen and oxygen atoms in total. The summed E-state index contributed by atoms with van der Waals surface area (Å²) < 4.78 is 5.54. The average Bonchev–Trinajstić information content (AvgIpc) is 3.29. The molecule has 2 aliphatic rings. The van der Waals surface area contributed by atoms with Crippen molar-refractivity contribution in [1.82, 2.24) is 19.8 Å². The number of hydrogen-bond acceptors (Lipinski definition) is 5. The first-order valence-corrected chi connectivity index (χ1v) is 10.2. The molecule has 2 aliphatic heterocycles. The summed E-state index contributed by atoms with van der Waals surface area (Å²) in [5.41, 5.74) is 2.86. The van der Waals surface area contributed by atoms with Gasteiger partial charge in [-0.15, -0.1) is 0 Å². The summed E-state index contributed by atoms with van der Waals surface area (Å²) in [5, 5.41) is 0. The van der Waals surface area contributed by atoms with Crippen LogP contribution in [0.5, 0.6) is 5.75 Å². The minimum atomic E-state index is 0.266. The number of ether oxygens (including phenoxy) is 1. The Balaban J connectivity index is 1.53. The molecule has 28 heavy (non-hydrogen) atoms. The zero-order valence-electron chi connectivity index (χ0n) is 16.5. The molecule has 3 heterocycles. The number of aromatic nitrogens is 2. The van der Waals surface area contributed by atoms with Crippen molar-refractivity contribution >= 4 is 5.91 Å². The first kappa shape index (κ1) is 18.9. The highest BCUT2D eigenvalue weighted by atomic mass is 16.5. The van der Waals surface area contributed by atoms with Crippen molar-refractivity contribution in [3.05, 3.63) is 42.4 Å². The molecule has 1 aromatic carbocycles. The van der Waals surface area contributed by atoms with Crippen LogP contribution in [0.4, 0.5) is 0 Å². The van der Waals surface area contributed by atoms with Crippen molar-refractivity contribution in [1.29, 1.82) is 0 Å². The van der Waals surface area contributed by atoms with E-state index in [1.807, 2.05) is 29.2 Å². The Kier molecular flexibility index (Phi) is 5.86. The van der Waals surface area contributed by atoms with Gasteiger partial charge in [-0.1, -0.05) is 12.1 Å². The van der Waals surface area contributed by atoms with Crippen molar-refractivity contribution in [3.63, 3.8) is 0 Å². The number of methoxy groups -OCH3 is 1. The van der Waals surface area contributed by atoms with Crippen molar-refractivity contribution in [2.45, 2.75) is 31.6 Å². The van der Waals surface area contributed by atoms with Gasteiger partial charge in [0.1, 0.15) is 5.75 Å². The maximum Gasteiger partial charge on any atom is 0.236 e. The number of nitrogens with zero attached hydrogens (tertiary/aromatic N) is 4. The Bertz CT molecular complexity index is 820. The molecule has 0 N–H and O–H groups in total. The predicted molar refractivity (Wildman–Crippen MR) is 108 cm³/mol. The van der Waals surface area contributed by atoms with Crippen LogP contribution in [0.2, 0.25) is 0 Å². The van der Waals surface area contributed by atoms with Gasteiger partial charge in [0.2, 0.25) is 5.91 Å². The molecular formula is C22H28N4O2. The van der Waals surface area contributed by atoms with Gasteiger partial charge in [-0.25, -0.2) is 0 Å². The van der Waals surface area contributed by atoms with Crippen LogP contribution in [-0.4, -0.2) is 65.5 Å². The number of carbonyl (C=O) groups is 1. The molecule has 1 unspecified atom stereocenters.